The van der Waals surface area contributed by atoms with Crippen molar-refractivity contribution in [2.45, 2.75) is 32.1 Å². The Hall–Kier alpha value is -2.04. The minimum Gasteiger partial charge on any atom is -0.399 e. The first-order valence-electron chi connectivity index (χ1n) is 7.59. The summed E-state index contributed by atoms with van der Waals surface area (Å²) in [6.07, 6.45) is 4.50. The van der Waals surface area contributed by atoms with Crippen LogP contribution >= 0.6 is 0 Å². The topological polar surface area (TPSA) is 75.4 Å². The first-order chi connectivity index (χ1) is 10.1. The number of amides is 2. The molecule has 0 bridgehead atoms. The Morgan fingerprint density at radius 2 is 2.14 bits per heavy atom. The Balaban J connectivity index is 1.75. The van der Waals surface area contributed by atoms with Crippen LogP contribution in [0.3, 0.4) is 0 Å². The Morgan fingerprint density at radius 1 is 1.33 bits per heavy atom. The summed E-state index contributed by atoms with van der Waals surface area (Å²) in [6, 6.07) is 5.54. The molecular formula is C16H21N3O2. The molecule has 0 aromatic heterocycles. The zero-order chi connectivity index (χ0) is 14.8. The maximum atomic E-state index is 12.3. The molecule has 5 nitrogen and oxygen atoms in total. The Labute approximate surface area is 124 Å². The normalized spacial score (nSPS) is 18.1. The summed E-state index contributed by atoms with van der Waals surface area (Å²) in [6.45, 7) is 0.831. The SMILES string of the molecule is Nc1ccc2c(c1)CCCC(=O)N2CC(=O)NCC1CC1. The molecule has 0 radical (unpaired) electrons. The van der Waals surface area contributed by atoms with Gasteiger partial charge in [-0.15, -0.1) is 0 Å². The molecule has 0 unspecified atom stereocenters. The summed E-state index contributed by atoms with van der Waals surface area (Å²) in [4.78, 5) is 25.9. The van der Waals surface area contributed by atoms with E-state index in [1.165, 1.54) is 12.8 Å². The van der Waals surface area contributed by atoms with Gasteiger partial charge in [0.2, 0.25) is 11.8 Å². The quantitative estimate of drug-likeness (QED) is 0.823. The lowest BCUT2D eigenvalue weighted by molar-refractivity contribution is -0.123. The maximum Gasteiger partial charge on any atom is 0.240 e. The number of hydrogen-bond acceptors (Lipinski definition) is 3. The van der Waals surface area contributed by atoms with Crippen LogP contribution < -0.4 is 16.0 Å². The van der Waals surface area contributed by atoms with Gasteiger partial charge < -0.3 is 16.0 Å². The molecule has 0 atom stereocenters. The second-order valence-electron chi connectivity index (χ2n) is 5.97. The van der Waals surface area contributed by atoms with Gasteiger partial charge in [-0.1, -0.05) is 0 Å². The van der Waals surface area contributed by atoms with E-state index in [4.69, 9.17) is 5.73 Å². The molecule has 1 heterocycles. The van der Waals surface area contributed by atoms with Gasteiger partial charge in [0.15, 0.2) is 0 Å². The lowest BCUT2D eigenvalue weighted by Gasteiger charge is -2.22. The van der Waals surface area contributed by atoms with E-state index in [1.807, 2.05) is 12.1 Å². The average Bonchev–Trinajstić information content (AvgIpc) is 3.27. The first kappa shape index (κ1) is 13.9. The van der Waals surface area contributed by atoms with Gasteiger partial charge in [0, 0.05) is 24.3 Å². The highest BCUT2D eigenvalue weighted by molar-refractivity contribution is 6.00. The molecule has 0 spiro atoms. The van der Waals surface area contributed by atoms with Gasteiger partial charge in [0.1, 0.15) is 6.54 Å². The molecule has 1 aromatic rings. The van der Waals surface area contributed by atoms with Crippen LogP contribution in [0.2, 0.25) is 0 Å². The van der Waals surface area contributed by atoms with Crippen molar-refractivity contribution in [3.05, 3.63) is 23.8 Å². The number of nitrogen functional groups attached to an aromatic ring is 1. The standard InChI is InChI=1S/C16H21N3O2/c17-13-6-7-14-12(8-13)2-1-3-16(21)19(14)10-15(20)18-9-11-4-5-11/h6-8,11H,1-5,9-10,17H2,(H,18,20). The number of rotatable bonds is 4. The number of fused-ring (bicyclic) bond motifs is 1. The predicted molar refractivity (Wildman–Crippen MR) is 81.9 cm³/mol. The van der Waals surface area contributed by atoms with Crippen LogP contribution in [-0.4, -0.2) is 24.9 Å². The number of hydrogen-bond donors (Lipinski definition) is 2. The van der Waals surface area contributed by atoms with Gasteiger partial charge >= 0.3 is 0 Å². The van der Waals surface area contributed by atoms with Crippen LogP contribution in [0.5, 0.6) is 0 Å². The van der Waals surface area contributed by atoms with Gasteiger partial charge in [0.25, 0.3) is 0 Å². The molecule has 3 N–H and O–H groups in total. The number of carbonyl (C=O) groups excluding carboxylic acids is 2. The van der Waals surface area contributed by atoms with Crippen LogP contribution in [0.15, 0.2) is 18.2 Å². The van der Waals surface area contributed by atoms with Crippen molar-refractivity contribution in [2.75, 3.05) is 23.7 Å². The molecule has 3 rings (SSSR count). The lowest BCUT2D eigenvalue weighted by Crippen LogP contribution is -2.41. The Morgan fingerprint density at radius 3 is 2.90 bits per heavy atom. The smallest absolute Gasteiger partial charge is 0.240 e. The van der Waals surface area contributed by atoms with Gasteiger partial charge in [-0.25, -0.2) is 0 Å². The summed E-state index contributed by atoms with van der Waals surface area (Å²) < 4.78 is 0. The molecule has 1 aliphatic heterocycles. The fraction of sp³-hybridized carbons (Fsp3) is 0.500. The monoisotopic (exact) mass is 287 g/mol. The van der Waals surface area contributed by atoms with E-state index < -0.39 is 0 Å². The third-order valence-electron chi connectivity index (χ3n) is 4.12. The Bertz CT molecular complexity index is 567. The van der Waals surface area contributed by atoms with E-state index in [0.29, 0.717) is 18.0 Å². The number of nitrogens with two attached hydrogens (primary N) is 1. The summed E-state index contributed by atoms with van der Waals surface area (Å²) in [5.74, 6) is 0.570. The van der Waals surface area contributed by atoms with Crippen molar-refractivity contribution in [2.24, 2.45) is 5.92 Å². The summed E-state index contributed by atoms with van der Waals surface area (Å²) >= 11 is 0. The molecule has 1 aliphatic carbocycles. The summed E-state index contributed by atoms with van der Waals surface area (Å²) in [7, 11) is 0. The minimum atomic E-state index is -0.0834. The van der Waals surface area contributed by atoms with Crippen LogP contribution in [0, 0.1) is 5.92 Å². The first-order valence-corrected chi connectivity index (χ1v) is 7.59. The maximum absolute atomic E-state index is 12.3. The molecular weight excluding hydrogens is 266 g/mol. The molecule has 2 amide bonds. The van der Waals surface area contributed by atoms with E-state index in [9.17, 15) is 9.59 Å². The summed E-state index contributed by atoms with van der Waals surface area (Å²) in [5, 5.41) is 2.92. The third-order valence-corrected chi connectivity index (χ3v) is 4.12. The van der Waals surface area contributed by atoms with Crippen LogP contribution in [0.1, 0.15) is 31.2 Å². The van der Waals surface area contributed by atoms with E-state index >= 15 is 0 Å². The van der Waals surface area contributed by atoms with Crippen LogP contribution in [-0.2, 0) is 16.0 Å². The lowest BCUT2D eigenvalue weighted by atomic mass is 10.1. The van der Waals surface area contributed by atoms with E-state index in [-0.39, 0.29) is 18.4 Å². The molecule has 2 aliphatic rings. The van der Waals surface area contributed by atoms with Gasteiger partial charge in [-0.05, 0) is 55.4 Å². The van der Waals surface area contributed by atoms with Crippen molar-refractivity contribution in [3.63, 3.8) is 0 Å². The highest BCUT2D eigenvalue weighted by Crippen LogP contribution is 2.29. The molecule has 1 aromatic carbocycles. The predicted octanol–water partition coefficient (Wildman–Crippen LogP) is 1.46. The van der Waals surface area contributed by atoms with Gasteiger partial charge in [0.05, 0.1) is 0 Å². The van der Waals surface area contributed by atoms with Gasteiger partial charge in [-0.2, -0.15) is 0 Å². The minimum absolute atomic E-state index is 0.0140. The number of carbonyl (C=O) groups is 2. The highest BCUT2D eigenvalue weighted by Gasteiger charge is 2.26. The molecule has 1 saturated carbocycles. The highest BCUT2D eigenvalue weighted by atomic mass is 16.2. The van der Waals surface area contributed by atoms with Crippen LogP contribution in [0.25, 0.3) is 0 Å². The number of benzene rings is 1. The van der Waals surface area contributed by atoms with Crippen molar-refractivity contribution in [3.8, 4) is 0 Å². The van der Waals surface area contributed by atoms with E-state index in [0.717, 1.165) is 30.6 Å². The largest absolute Gasteiger partial charge is 0.399 e. The fourth-order valence-corrected chi connectivity index (χ4v) is 2.72. The number of nitrogens with zero attached hydrogens (tertiary/aromatic N) is 1. The molecule has 1 fully saturated rings. The molecule has 5 heteroatoms. The second-order valence-corrected chi connectivity index (χ2v) is 5.97. The Kier molecular flexibility index (Phi) is 3.82. The average molecular weight is 287 g/mol. The van der Waals surface area contributed by atoms with E-state index in [2.05, 4.69) is 5.32 Å². The molecule has 21 heavy (non-hydrogen) atoms. The van der Waals surface area contributed by atoms with Crippen molar-refractivity contribution >= 4 is 23.2 Å². The fourth-order valence-electron chi connectivity index (χ4n) is 2.72. The van der Waals surface area contributed by atoms with E-state index in [1.54, 1.807) is 11.0 Å². The van der Waals surface area contributed by atoms with Crippen molar-refractivity contribution in [1.29, 1.82) is 0 Å². The number of nitrogens with one attached hydrogen (secondary N) is 1. The second kappa shape index (κ2) is 5.76. The van der Waals surface area contributed by atoms with Gasteiger partial charge in [-0.3, -0.25) is 9.59 Å². The van der Waals surface area contributed by atoms with Crippen LogP contribution in [0.4, 0.5) is 11.4 Å². The van der Waals surface area contributed by atoms with Crippen molar-refractivity contribution in [1.82, 2.24) is 5.32 Å². The number of anilines is 2. The zero-order valence-corrected chi connectivity index (χ0v) is 12.1. The molecule has 112 valence electrons. The third kappa shape index (κ3) is 3.35. The summed E-state index contributed by atoms with van der Waals surface area (Å²) in [5.41, 5.74) is 8.39. The number of aryl methyl sites for hydroxylation is 1. The van der Waals surface area contributed by atoms with Crippen molar-refractivity contribution < 1.29 is 9.59 Å². The molecule has 0 saturated heterocycles. The zero-order valence-electron chi connectivity index (χ0n) is 12.1.